The Balaban J connectivity index is 0.00000220. The van der Waals surface area contributed by atoms with Crippen molar-refractivity contribution >= 4 is 41.7 Å². The average Bonchev–Trinajstić information content (AvgIpc) is 2.99. The van der Waals surface area contributed by atoms with Crippen LogP contribution in [0.1, 0.15) is 31.4 Å². The summed E-state index contributed by atoms with van der Waals surface area (Å²) in [5.74, 6) is 1.91. The molecular weight excluding hydrogens is 397 g/mol. The molecule has 6 heteroatoms. The summed E-state index contributed by atoms with van der Waals surface area (Å²) < 4.78 is 5.32. The number of hydrogen-bond acceptors (Lipinski definition) is 3. The first-order valence-corrected chi connectivity index (χ1v) is 8.63. The Bertz CT molecular complexity index is 411. The molecule has 0 amide bonds. The Morgan fingerprint density at radius 3 is 3.00 bits per heavy atom. The van der Waals surface area contributed by atoms with Crippen LogP contribution in [0.25, 0.3) is 0 Å². The Morgan fingerprint density at radius 2 is 2.33 bits per heavy atom. The normalized spacial score (nSPS) is 22.5. The van der Waals surface area contributed by atoms with Crippen molar-refractivity contribution in [2.75, 3.05) is 19.8 Å². The largest absolute Gasteiger partial charge is 0.469 e. The number of guanidine groups is 1. The molecule has 0 bridgehead atoms. The van der Waals surface area contributed by atoms with Crippen LogP contribution in [0, 0.1) is 0 Å². The highest BCUT2D eigenvalue weighted by molar-refractivity contribution is 14.0. The van der Waals surface area contributed by atoms with Crippen LogP contribution in [0.4, 0.5) is 0 Å². The minimum Gasteiger partial charge on any atom is -0.469 e. The number of rotatable bonds is 5. The maximum absolute atomic E-state index is 5.32. The van der Waals surface area contributed by atoms with Gasteiger partial charge in [0.15, 0.2) is 5.96 Å². The van der Waals surface area contributed by atoms with E-state index in [0.29, 0.717) is 6.04 Å². The van der Waals surface area contributed by atoms with Gasteiger partial charge in [-0.05, 0) is 37.7 Å². The number of hydrogen-bond donors (Lipinski definition) is 2. The molecule has 0 saturated heterocycles. The molecule has 120 valence electrons. The highest BCUT2D eigenvalue weighted by atomic mass is 127. The Morgan fingerprint density at radius 1 is 1.48 bits per heavy atom. The van der Waals surface area contributed by atoms with Crippen molar-refractivity contribution < 1.29 is 4.42 Å². The SMILES string of the molecule is CN=C(NCCc1ccco1)NC1CCCC(SC)C1.I. The molecule has 0 radical (unpaired) electrons. The predicted molar refractivity (Wildman–Crippen MR) is 102 cm³/mol. The maximum Gasteiger partial charge on any atom is 0.191 e. The van der Waals surface area contributed by atoms with Crippen LogP contribution in [0.5, 0.6) is 0 Å². The fourth-order valence-corrected chi connectivity index (χ4v) is 3.46. The highest BCUT2D eigenvalue weighted by Crippen LogP contribution is 2.26. The van der Waals surface area contributed by atoms with Crippen molar-refractivity contribution in [2.45, 2.75) is 43.4 Å². The summed E-state index contributed by atoms with van der Waals surface area (Å²) in [5.41, 5.74) is 0. The first kappa shape index (κ1) is 18.7. The van der Waals surface area contributed by atoms with Gasteiger partial charge in [-0.3, -0.25) is 4.99 Å². The van der Waals surface area contributed by atoms with Gasteiger partial charge in [0, 0.05) is 31.3 Å². The number of nitrogens with zero attached hydrogens (tertiary/aromatic N) is 1. The lowest BCUT2D eigenvalue weighted by Gasteiger charge is -2.29. The smallest absolute Gasteiger partial charge is 0.191 e. The average molecular weight is 423 g/mol. The fraction of sp³-hybridized carbons (Fsp3) is 0.667. The molecule has 2 atom stereocenters. The van der Waals surface area contributed by atoms with Crippen molar-refractivity contribution in [1.29, 1.82) is 0 Å². The molecule has 4 nitrogen and oxygen atoms in total. The summed E-state index contributed by atoms with van der Waals surface area (Å²) in [7, 11) is 1.83. The molecule has 2 unspecified atom stereocenters. The van der Waals surface area contributed by atoms with Crippen LogP contribution in [0.15, 0.2) is 27.8 Å². The summed E-state index contributed by atoms with van der Waals surface area (Å²) in [6.45, 7) is 0.839. The van der Waals surface area contributed by atoms with E-state index in [0.717, 1.165) is 29.9 Å². The van der Waals surface area contributed by atoms with Crippen LogP contribution in [0.2, 0.25) is 0 Å². The van der Waals surface area contributed by atoms with E-state index in [9.17, 15) is 0 Å². The van der Waals surface area contributed by atoms with E-state index in [4.69, 9.17) is 4.42 Å². The quantitative estimate of drug-likeness (QED) is 0.434. The van der Waals surface area contributed by atoms with E-state index in [1.807, 2.05) is 30.9 Å². The van der Waals surface area contributed by atoms with Crippen molar-refractivity contribution in [2.24, 2.45) is 4.99 Å². The zero-order chi connectivity index (χ0) is 14.2. The van der Waals surface area contributed by atoms with Gasteiger partial charge in [-0.15, -0.1) is 24.0 Å². The molecule has 1 aromatic rings. The van der Waals surface area contributed by atoms with Gasteiger partial charge in [0.1, 0.15) is 5.76 Å². The molecule has 0 spiro atoms. The predicted octanol–water partition coefficient (Wildman–Crippen LogP) is 3.28. The number of thioether (sulfide) groups is 1. The van der Waals surface area contributed by atoms with Crippen LogP contribution < -0.4 is 10.6 Å². The Labute approximate surface area is 148 Å². The van der Waals surface area contributed by atoms with E-state index >= 15 is 0 Å². The molecule has 21 heavy (non-hydrogen) atoms. The van der Waals surface area contributed by atoms with Crippen LogP contribution in [-0.2, 0) is 6.42 Å². The van der Waals surface area contributed by atoms with Crippen LogP contribution >= 0.6 is 35.7 Å². The van der Waals surface area contributed by atoms with Crippen molar-refractivity contribution in [3.63, 3.8) is 0 Å². The van der Waals surface area contributed by atoms with Gasteiger partial charge in [0.25, 0.3) is 0 Å². The Hall–Kier alpha value is -0.370. The first-order chi connectivity index (χ1) is 9.81. The molecule has 2 rings (SSSR count). The van der Waals surface area contributed by atoms with Gasteiger partial charge in [-0.25, -0.2) is 0 Å². The van der Waals surface area contributed by atoms with Gasteiger partial charge in [-0.2, -0.15) is 11.8 Å². The molecule has 1 fully saturated rings. The summed E-state index contributed by atoms with van der Waals surface area (Å²) >= 11 is 1.99. The molecule has 2 N–H and O–H groups in total. The molecule has 1 aliphatic carbocycles. The molecular formula is C15H26IN3OS. The van der Waals surface area contributed by atoms with Gasteiger partial charge >= 0.3 is 0 Å². The lowest BCUT2D eigenvalue weighted by Crippen LogP contribution is -2.46. The van der Waals surface area contributed by atoms with E-state index in [1.54, 1.807) is 6.26 Å². The topological polar surface area (TPSA) is 49.6 Å². The molecule has 0 aromatic carbocycles. The fourth-order valence-electron chi connectivity index (χ4n) is 2.64. The minimum absolute atomic E-state index is 0. The summed E-state index contributed by atoms with van der Waals surface area (Å²) in [6, 6.07) is 4.48. The van der Waals surface area contributed by atoms with Crippen molar-refractivity contribution in [1.82, 2.24) is 10.6 Å². The zero-order valence-electron chi connectivity index (χ0n) is 12.8. The second-order valence-corrected chi connectivity index (χ2v) is 6.33. The third kappa shape index (κ3) is 6.50. The monoisotopic (exact) mass is 423 g/mol. The standard InChI is InChI=1S/C15H25N3OS.HI/c1-16-15(17-9-8-13-6-4-10-19-13)18-12-5-3-7-14(11-12)20-2;/h4,6,10,12,14H,3,5,7-9,11H2,1-2H3,(H2,16,17,18);1H. The van der Waals surface area contributed by atoms with Crippen LogP contribution in [0.3, 0.4) is 0 Å². The Kier molecular flexibility index (Phi) is 9.23. The zero-order valence-corrected chi connectivity index (χ0v) is 15.9. The number of halogens is 1. The van der Waals surface area contributed by atoms with Gasteiger partial charge in [0.2, 0.25) is 0 Å². The lowest BCUT2D eigenvalue weighted by atomic mass is 9.95. The third-order valence-electron chi connectivity index (χ3n) is 3.77. The van der Waals surface area contributed by atoms with Gasteiger partial charge < -0.3 is 15.1 Å². The van der Waals surface area contributed by atoms with E-state index in [-0.39, 0.29) is 24.0 Å². The first-order valence-electron chi connectivity index (χ1n) is 7.34. The number of nitrogens with one attached hydrogen (secondary N) is 2. The highest BCUT2D eigenvalue weighted by Gasteiger charge is 2.21. The lowest BCUT2D eigenvalue weighted by molar-refractivity contribution is 0.419. The van der Waals surface area contributed by atoms with E-state index < -0.39 is 0 Å². The minimum atomic E-state index is 0. The van der Waals surface area contributed by atoms with Gasteiger partial charge in [-0.1, -0.05) is 6.42 Å². The third-order valence-corrected chi connectivity index (χ3v) is 4.86. The molecule has 0 aliphatic heterocycles. The second-order valence-electron chi connectivity index (χ2n) is 5.19. The van der Waals surface area contributed by atoms with E-state index in [1.165, 1.54) is 25.7 Å². The maximum atomic E-state index is 5.32. The molecule has 1 saturated carbocycles. The van der Waals surface area contributed by atoms with Crippen molar-refractivity contribution in [3.05, 3.63) is 24.2 Å². The summed E-state index contributed by atoms with van der Waals surface area (Å²) in [5, 5.41) is 7.70. The summed E-state index contributed by atoms with van der Waals surface area (Å²) in [4.78, 5) is 4.31. The molecule has 1 heterocycles. The molecule has 1 aromatic heterocycles. The number of aliphatic imine (C=N–C) groups is 1. The van der Waals surface area contributed by atoms with E-state index in [2.05, 4.69) is 21.9 Å². The molecule has 1 aliphatic rings. The van der Waals surface area contributed by atoms with Crippen LogP contribution in [-0.4, -0.2) is 37.1 Å². The number of furan rings is 1. The second kappa shape index (κ2) is 10.4. The van der Waals surface area contributed by atoms with Crippen molar-refractivity contribution in [3.8, 4) is 0 Å². The van der Waals surface area contributed by atoms with Gasteiger partial charge in [0.05, 0.1) is 6.26 Å². The summed E-state index contributed by atoms with van der Waals surface area (Å²) in [6.07, 6.45) is 9.95.